The van der Waals surface area contributed by atoms with E-state index in [1.54, 1.807) is 6.07 Å². The van der Waals surface area contributed by atoms with E-state index < -0.39 is 0 Å². The van der Waals surface area contributed by atoms with Crippen molar-refractivity contribution >= 4 is 21.8 Å². The molecule has 0 radical (unpaired) electrons. The molecule has 0 heterocycles. The molecule has 0 aliphatic carbocycles. The van der Waals surface area contributed by atoms with Crippen molar-refractivity contribution in [2.24, 2.45) is 5.73 Å². The fourth-order valence-corrected chi connectivity index (χ4v) is 1.60. The number of amidine groups is 1. The number of ether oxygens (including phenoxy) is 1. The Morgan fingerprint density at radius 1 is 1.57 bits per heavy atom. The third kappa shape index (κ3) is 2.73. The van der Waals surface area contributed by atoms with E-state index in [0.717, 1.165) is 16.6 Å². The summed E-state index contributed by atoms with van der Waals surface area (Å²) in [5.41, 5.74) is 6.07. The van der Waals surface area contributed by atoms with Crippen molar-refractivity contribution < 1.29 is 4.74 Å². The van der Waals surface area contributed by atoms with Gasteiger partial charge in [0.05, 0.1) is 6.61 Å². The second-order valence-electron chi connectivity index (χ2n) is 2.90. The summed E-state index contributed by atoms with van der Waals surface area (Å²) in [5.74, 6) is 0.850. The molecule has 0 saturated carbocycles. The number of benzene rings is 1. The van der Waals surface area contributed by atoms with Gasteiger partial charge in [0, 0.05) is 10.0 Å². The Morgan fingerprint density at radius 2 is 2.29 bits per heavy atom. The zero-order valence-corrected chi connectivity index (χ0v) is 9.60. The molecule has 3 N–H and O–H groups in total. The van der Waals surface area contributed by atoms with Crippen LogP contribution in [0.5, 0.6) is 5.75 Å². The Kier molecular flexibility index (Phi) is 3.95. The SMILES string of the molecule is CCCOc1ccc(C(=N)N)c(Br)c1. The summed E-state index contributed by atoms with van der Waals surface area (Å²) < 4.78 is 6.22. The van der Waals surface area contributed by atoms with Gasteiger partial charge in [-0.25, -0.2) is 0 Å². The van der Waals surface area contributed by atoms with Crippen molar-refractivity contribution in [2.75, 3.05) is 6.61 Å². The molecule has 1 aromatic carbocycles. The summed E-state index contributed by atoms with van der Waals surface area (Å²) in [7, 11) is 0. The average molecular weight is 257 g/mol. The van der Waals surface area contributed by atoms with E-state index in [9.17, 15) is 0 Å². The van der Waals surface area contributed by atoms with Gasteiger partial charge in [-0.15, -0.1) is 0 Å². The van der Waals surface area contributed by atoms with Crippen LogP contribution in [-0.4, -0.2) is 12.4 Å². The van der Waals surface area contributed by atoms with Crippen LogP contribution >= 0.6 is 15.9 Å². The molecule has 0 amide bonds. The predicted molar refractivity (Wildman–Crippen MR) is 60.9 cm³/mol. The molecule has 0 spiro atoms. The number of rotatable bonds is 4. The smallest absolute Gasteiger partial charge is 0.123 e. The topological polar surface area (TPSA) is 59.1 Å². The van der Waals surface area contributed by atoms with Crippen LogP contribution in [0.2, 0.25) is 0 Å². The van der Waals surface area contributed by atoms with Crippen molar-refractivity contribution in [3.8, 4) is 5.75 Å². The van der Waals surface area contributed by atoms with Crippen LogP contribution in [-0.2, 0) is 0 Å². The van der Waals surface area contributed by atoms with E-state index in [1.807, 2.05) is 12.1 Å². The normalized spacial score (nSPS) is 9.86. The van der Waals surface area contributed by atoms with E-state index in [4.69, 9.17) is 15.9 Å². The Hall–Kier alpha value is -1.03. The van der Waals surface area contributed by atoms with Crippen LogP contribution in [0.15, 0.2) is 22.7 Å². The van der Waals surface area contributed by atoms with Gasteiger partial charge in [-0.3, -0.25) is 5.41 Å². The molecule has 0 aromatic heterocycles. The summed E-state index contributed by atoms with van der Waals surface area (Å²) in [6.07, 6.45) is 0.978. The number of nitrogen functional groups attached to an aromatic ring is 1. The summed E-state index contributed by atoms with van der Waals surface area (Å²) in [4.78, 5) is 0. The first-order valence-corrected chi connectivity index (χ1v) is 5.21. The van der Waals surface area contributed by atoms with Crippen LogP contribution in [0.3, 0.4) is 0 Å². The summed E-state index contributed by atoms with van der Waals surface area (Å²) in [5, 5.41) is 7.29. The maximum absolute atomic E-state index is 7.29. The van der Waals surface area contributed by atoms with Gasteiger partial charge in [0.2, 0.25) is 0 Å². The summed E-state index contributed by atoms with van der Waals surface area (Å²) in [6, 6.07) is 5.42. The molecule has 1 aromatic rings. The van der Waals surface area contributed by atoms with Gasteiger partial charge in [-0.1, -0.05) is 6.92 Å². The minimum atomic E-state index is 0.0546. The van der Waals surface area contributed by atoms with Crippen LogP contribution < -0.4 is 10.5 Å². The van der Waals surface area contributed by atoms with Crippen LogP contribution in [0.25, 0.3) is 0 Å². The van der Waals surface area contributed by atoms with E-state index in [1.165, 1.54) is 0 Å². The molecule has 0 bridgehead atoms. The standard InChI is InChI=1S/C10H13BrN2O/c1-2-5-14-7-3-4-8(10(12)13)9(11)6-7/h3-4,6H,2,5H2,1H3,(H3,12,13). The van der Waals surface area contributed by atoms with Crippen molar-refractivity contribution in [3.05, 3.63) is 28.2 Å². The van der Waals surface area contributed by atoms with E-state index in [-0.39, 0.29) is 5.84 Å². The lowest BCUT2D eigenvalue weighted by atomic mass is 10.2. The zero-order valence-electron chi connectivity index (χ0n) is 8.01. The average Bonchev–Trinajstić information content (AvgIpc) is 2.14. The summed E-state index contributed by atoms with van der Waals surface area (Å²) in [6.45, 7) is 2.75. The van der Waals surface area contributed by atoms with Gasteiger partial charge in [-0.05, 0) is 40.5 Å². The number of nitrogens with two attached hydrogens (primary N) is 1. The number of hydrogen-bond acceptors (Lipinski definition) is 2. The van der Waals surface area contributed by atoms with E-state index in [2.05, 4.69) is 22.9 Å². The Bertz CT molecular complexity index is 339. The first kappa shape index (κ1) is 11.0. The number of halogens is 1. The lowest BCUT2D eigenvalue weighted by Gasteiger charge is -2.07. The number of nitrogens with one attached hydrogen (secondary N) is 1. The van der Waals surface area contributed by atoms with Crippen molar-refractivity contribution in [1.82, 2.24) is 0 Å². The molecule has 0 saturated heterocycles. The fraction of sp³-hybridized carbons (Fsp3) is 0.300. The van der Waals surface area contributed by atoms with Gasteiger partial charge in [0.1, 0.15) is 11.6 Å². The third-order valence-corrected chi connectivity index (χ3v) is 2.36. The minimum absolute atomic E-state index is 0.0546. The molecule has 0 unspecified atom stereocenters. The quantitative estimate of drug-likeness (QED) is 0.643. The lowest BCUT2D eigenvalue weighted by molar-refractivity contribution is 0.317. The molecule has 4 heteroatoms. The molecule has 76 valence electrons. The van der Waals surface area contributed by atoms with Gasteiger partial charge < -0.3 is 10.5 Å². The fourth-order valence-electron chi connectivity index (χ4n) is 1.02. The van der Waals surface area contributed by atoms with Gasteiger partial charge in [0.15, 0.2) is 0 Å². The maximum Gasteiger partial charge on any atom is 0.123 e. The van der Waals surface area contributed by atoms with E-state index >= 15 is 0 Å². The van der Waals surface area contributed by atoms with Gasteiger partial charge in [0.25, 0.3) is 0 Å². The maximum atomic E-state index is 7.29. The molecule has 1 rings (SSSR count). The molecular formula is C10H13BrN2O. The monoisotopic (exact) mass is 256 g/mol. The Labute approximate surface area is 91.9 Å². The molecule has 0 aliphatic heterocycles. The van der Waals surface area contributed by atoms with Crippen molar-refractivity contribution in [2.45, 2.75) is 13.3 Å². The van der Waals surface area contributed by atoms with E-state index in [0.29, 0.717) is 12.2 Å². The highest BCUT2D eigenvalue weighted by atomic mass is 79.9. The highest BCUT2D eigenvalue weighted by molar-refractivity contribution is 9.10. The first-order chi connectivity index (χ1) is 6.65. The van der Waals surface area contributed by atoms with Gasteiger partial charge >= 0.3 is 0 Å². The van der Waals surface area contributed by atoms with Crippen LogP contribution in [0.1, 0.15) is 18.9 Å². The molecule has 3 nitrogen and oxygen atoms in total. The van der Waals surface area contributed by atoms with Crippen molar-refractivity contribution in [1.29, 1.82) is 5.41 Å². The number of hydrogen-bond donors (Lipinski definition) is 2. The highest BCUT2D eigenvalue weighted by Crippen LogP contribution is 2.22. The molecule has 0 aliphatic rings. The van der Waals surface area contributed by atoms with Crippen LogP contribution in [0, 0.1) is 5.41 Å². The second kappa shape index (κ2) is 5.00. The molecule has 0 atom stereocenters. The summed E-state index contributed by atoms with van der Waals surface area (Å²) >= 11 is 3.34. The second-order valence-corrected chi connectivity index (χ2v) is 3.76. The molecule has 0 fully saturated rings. The molecular weight excluding hydrogens is 244 g/mol. The molecule has 14 heavy (non-hydrogen) atoms. The van der Waals surface area contributed by atoms with Gasteiger partial charge in [-0.2, -0.15) is 0 Å². The van der Waals surface area contributed by atoms with Crippen molar-refractivity contribution in [3.63, 3.8) is 0 Å². The Balaban J connectivity index is 2.83. The Morgan fingerprint density at radius 3 is 2.79 bits per heavy atom. The highest BCUT2D eigenvalue weighted by Gasteiger charge is 2.04. The van der Waals surface area contributed by atoms with Crippen LogP contribution in [0.4, 0.5) is 0 Å². The largest absolute Gasteiger partial charge is 0.494 e. The zero-order chi connectivity index (χ0) is 10.6. The third-order valence-electron chi connectivity index (χ3n) is 1.70. The predicted octanol–water partition coefficient (Wildman–Crippen LogP) is 2.52. The minimum Gasteiger partial charge on any atom is -0.494 e. The first-order valence-electron chi connectivity index (χ1n) is 4.42. The lowest BCUT2D eigenvalue weighted by Crippen LogP contribution is -2.11.